The molecule has 0 aliphatic carbocycles. The highest BCUT2D eigenvalue weighted by molar-refractivity contribution is 7.46. The maximum absolute atomic E-state index is 14.0. The summed E-state index contributed by atoms with van der Waals surface area (Å²) in [5.74, 6) is -3.12. The minimum atomic E-state index is -5.34. The Labute approximate surface area is 459 Å². The van der Waals surface area contributed by atoms with E-state index in [4.69, 9.17) is 28.2 Å². The number of amides is 2. The standard InChI is InChI=1S/C55H103N2O19P/c1-4-7-10-13-16-19-22-25-28-31-40(59)36-44(60)56-48-51(66)50(65)43(75-54(48)71-35-34-46(62)63)39-72-55-49(52(67)53(42(38-58)74-55)76-77(68,69)70)57-45(61)37-41(32-29-26-23-20-17-14-11-8-5-2)73-47(64)33-30-27-24-21-18-15-12-9-6-3/h40-43,48-55,58-59,65-67H,4-39H2,1-3H3,(H,56,60)(H,57,61)(H,62,63)(H2,68,69,70)/t40-,41-,42-,43-,48-,49-,50-,51-,52-,53-,54+,55-/m1/s1. The van der Waals surface area contributed by atoms with Gasteiger partial charge in [-0.15, -0.1) is 0 Å². The molecule has 0 aromatic rings. The molecule has 2 heterocycles. The molecule has 2 amide bonds. The molecule has 0 aromatic carbocycles. The molecule has 2 aliphatic rings. The molecule has 2 fully saturated rings. The third-order valence-electron chi connectivity index (χ3n) is 14.4. The number of phosphoric acid groups is 1. The second-order valence-electron chi connectivity index (χ2n) is 21.3. The topological polar surface area (TPSA) is 327 Å². The SMILES string of the molecule is CCCCCCCCCCCC(=O)O[C@H](CCCCCCCCCCC)CC(=O)N[C@H]1[C@H](OC[C@H]2O[C@H](OCCC(=O)O)[C@H](NC(=O)C[C@H](O)CCCCCCCCCCC)[C@@H](O)[C@@H]2O)O[C@H](CO)[C@@H](OP(=O)(O)O)[C@@H]1O. The van der Waals surface area contributed by atoms with E-state index >= 15 is 0 Å². The van der Waals surface area contributed by atoms with Gasteiger partial charge in [0.2, 0.25) is 11.8 Å². The Bertz CT molecular complexity index is 1610. The first kappa shape index (κ1) is 70.7. The molecule has 0 bridgehead atoms. The van der Waals surface area contributed by atoms with Crippen LogP contribution < -0.4 is 10.6 Å². The highest BCUT2D eigenvalue weighted by Gasteiger charge is 2.51. The van der Waals surface area contributed by atoms with E-state index in [9.17, 15) is 64.2 Å². The molecule has 0 radical (unpaired) electrons. The fourth-order valence-electron chi connectivity index (χ4n) is 9.88. The molecule has 0 unspecified atom stereocenters. The van der Waals surface area contributed by atoms with E-state index in [0.717, 1.165) is 83.5 Å². The van der Waals surface area contributed by atoms with Gasteiger partial charge >= 0.3 is 19.8 Å². The summed E-state index contributed by atoms with van der Waals surface area (Å²) in [7, 11) is -5.34. The first-order valence-corrected chi connectivity index (χ1v) is 31.1. The molecule has 22 heteroatoms. The van der Waals surface area contributed by atoms with Gasteiger partial charge in [-0.1, -0.05) is 181 Å². The second kappa shape index (κ2) is 42.5. The van der Waals surface area contributed by atoms with E-state index in [1.54, 1.807) is 0 Å². The van der Waals surface area contributed by atoms with Gasteiger partial charge in [-0.3, -0.25) is 23.7 Å². The number of phosphoric ester groups is 1. The van der Waals surface area contributed by atoms with Gasteiger partial charge in [0.25, 0.3) is 0 Å². The van der Waals surface area contributed by atoms with E-state index in [0.29, 0.717) is 32.1 Å². The van der Waals surface area contributed by atoms with Gasteiger partial charge in [-0.2, -0.15) is 0 Å². The van der Waals surface area contributed by atoms with Crippen LogP contribution in [-0.2, 0) is 52.0 Å². The number of carboxylic acids is 1. The van der Waals surface area contributed by atoms with Crippen LogP contribution in [0.5, 0.6) is 0 Å². The maximum atomic E-state index is 14.0. The monoisotopic (exact) mass is 1130 g/mol. The molecule has 2 saturated heterocycles. The van der Waals surface area contributed by atoms with Crippen LogP contribution in [-0.4, -0.2) is 157 Å². The van der Waals surface area contributed by atoms with Crippen molar-refractivity contribution in [3.8, 4) is 0 Å². The molecule has 77 heavy (non-hydrogen) atoms. The van der Waals surface area contributed by atoms with Crippen LogP contribution in [0.4, 0.5) is 0 Å². The number of carbonyl (C=O) groups excluding carboxylic acids is 3. The lowest BCUT2D eigenvalue weighted by Crippen LogP contribution is -2.67. The zero-order valence-electron chi connectivity index (χ0n) is 46.9. The molecule has 2 aliphatic heterocycles. The van der Waals surface area contributed by atoms with Crippen LogP contribution in [0.1, 0.15) is 233 Å². The predicted molar refractivity (Wildman–Crippen MR) is 288 cm³/mol. The van der Waals surface area contributed by atoms with Crippen LogP contribution >= 0.6 is 7.82 Å². The Kier molecular flexibility index (Phi) is 39.0. The van der Waals surface area contributed by atoms with Crippen LogP contribution in [0, 0.1) is 0 Å². The Morgan fingerprint density at radius 3 is 1.49 bits per heavy atom. The number of hydrogen-bond donors (Lipinski definition) is 10. The lowest BCUT2D eigenvalue weighted by molar-refractivity contribution is -0.302. The molecule has 0 spiro atoms. The average Bonchev–Trinajstić information content (AvgIpc) is 3.38. The van der Waals surface area contributed by atoms with Crippen molar-refractivity contribution in [2.45, 2.75) is 306 Å². The van der Waals surface area contributed by atoms with Crippen molar-refractivity contribution >= 4 is 31.6 Å². The molecule has 0 aromatic heterocycles. The molecule has 21 nitrogen and oxygen atoms in total. The zero-order chi connectivity index (χ0) is 56.9. The zero-order valence-corrected chi connectivity index (χ0v) is 47.8. The number of aliphatic hydroxyl groups is 5. The summed E-state index contributed by atoms with van der Waals surface area (Å²) < 4.78 is 46.2. The number of aliphatic carboxylic acids is 1. The highest BCUT2D eigenvalue weighted by atomic mass is 31.2. The molecule has 10 N–H and O–H groups in total. The van der Waals surface area contributed by atoms with Crippen LogP contribution in [0.15, 0.2) is 0 Å². The van der Waals surface area contributed by atoms with Gasteiger partial charge < -0.3 is 74.7 Å². The number of carboxylic acid groups (broad SMARTS) is 1. The minimum absolute atomic E-state index is 0.172. The van der Waals surface area contributed by atoms with E-state index in [1.165, 1.54) is 70.6 Å². The third kappa shape index (κ3) is 32.0. The van der Waals surface area contributed by atoms with Crippen molar-refractivity contribution < 1.29 is 92.4 Å². The third-order valence-corrected chi connectivity index (χ3v) is 14.9. The first-order chi connectivity index (χ1) is 36.9. The normalized spacial score (nSPS) is 24.5. The summed E-state index contributed by atoms with van der Waals surface area (Å²) in [5, 5.41) is 69.7. The lowest BCUT2D eigenvalue weighted by atomic mass is 9.95. The maximum Gasteiger partial charge on any atom is 0.470 e. The van der Waals surface area contributed by atoms with Crippen molar-refractivity contribution in [3.63, 3.8) is 0 Å². The van der Waals surface area contributed by atoms with Crippen molar-refractivity contribution in [2.24, 2.45) is 0 Å². The number of carbonyl (C=O) groups is 4. The van der Waals surface area contributed by atoms with Crippen molar-refractivity contribution in [1.29, 1.82) is 0 Å². The van der Waals surface area contributed by atoms with E-state index in [2.05, 4.69) is 31.4 Å². The number of nitrogens with one attached hydrogen (secondary N) is 2. The molecular weight excluding hydrogens is 1020 g/mol. The molecular formula is C55H103N2O19P. The summed E-state index contributed by atoms with van der Waals surface area (Å²) in [6, 6.07) is -3.12. The number of aliphatic hydroxyl groups excluding tert-OH is 5. The fourth-order valence-corrected chi connectivity index (χ4v) is 10.5. The van der Waals surface area contributed by atoms with Crippen molar-refractivity contribution in [3.05, 3.63) is 0 Å². The largest absolute Gasteiger partial charge is 0.481 e. The Morgan fingerprint density at radius 2 is 1.00 bits per heavy atom. The molecule has 2 rings (SSSR count). The van der Waals surface area contributed by atoms with E-state index in [1.807, 2.05) is 0 Å². The van der Waals surface area contributed by atoms with Gasteiger partial charge in [0.1, 0.15) is 54.8 Å². The molecule has 12 atom stereocenters. The van der Waals surface area contributed by atoms with Crippen molar-refractivity contribution in [1.82, 2.24) is 10.6 Å². The number of unbranched alkanes of at least 4 members (excludes halogenated alkanes) is 24. The van der Waals surface area contributed by atoms with Crippen LogP contribution in [0.3, 0.4) is 0 Å². The molecule has 452 valence electrons. The van der Waals surface area contributed by atoms with Gasteiger partial charge in [-0.25, -0.2) is 4.57 Å². The van der Waals surface area contributed by atoms with Gasteiger partial charge in [0.15, 0.2) is 12.6 Å². The smallest absolute Gasteiger partial charge is 0.470 e. The van der Waals surface area contributed by atoms with Crippen LogP contribution in [0.25, 0.3) is 0 Å². The Balaban J connectivity index is 2.21. The lowest BCUT2D eigenvalue weighted by Gasteiger charge is -2.45. The minimum Gasteiger partial charge on any atom is -0.481 e. The summed E-state index contributed by atoms with van der Waals surface area (Å²) >= 11 is 0. The number of ether oxygens (including phenoxy) is 5. The van der Waals surface area contributed by atoms with Gasteiger partial charge in [0, 0.05) is 6.42 Å². The number of hydrogen-bond acceptors (Lipinski definition) is 16. The summed E-state index contributed by atoms with van der Waals surface area (Å²) in [4.78, 5) is 71.2. The van der Waals surface area contributed by atoms with Gasteiger partial charge in [0.05, 0.1) is 45.2 Å². The van der Waals surface area contributed by atoms with Crippen molar-refractivity contribution in [2.75, 3.05) is 19.8 Å². The average molecular weight is 1130 g/mol. The van der Waals surface area contributed by atoms with E-state index in [-0.39, 0.29) is 19.3 Å². The van der Waals surface area contributed by atoms with Gasteiger partial charge in [-0.05, 0) is 25.7 Å². The number of esters is 1. The Hall–Kier alpha value is -2.37. The number of rotatable bonds is 47. The van der Waals surface area contributed by atoms with E-state index < -0.39 is 131 Å². The van der Waals surface area contributed by atoms with Crippen LogP contribution in [0.2, 0.25) is 0 Å². The fraction of sp³-hybridized carbons (Fsp3) is 0.927. The summed E-state index contributed by atoms with van der Waals surface area (Å²) in [5.41, 5.74) is 0. The first-order valence-electron chi connectivity index (χ1n) is 29.6. The quantitative estimate of drug-likeness (QED) is 0.0162. The molecule has 0 saturated carbocycles. The summed E-state index contributed by atoms with van der Waals surface area (Å²) in [6.45, 7) is 4.43. The Morgan fingerprint density at radius 1 is 0.558 bits per heavy atom. The summed E-state index contributed by atoms with van der Waals surface area (Å²) in [6.07, 6.45) is 12.5. The highest BCUT2D eigenvalue weighted by Crippen LogP contribution is 2.41. The predicted octanol–water partition coefficient (Wildman–Crippen LogP) is 7.28. The second-order valence-corrected chi connectivity index (χ2v) is 22.5.